The second kappa shape index (κ2) is 4.28. The van der Waals surface area contributed by atoms with E-state index in [1.807, 2.05) is 24.3 Å². The van der Waals surface area contributed by atoms with E-state index in [-0.39, 0.29) is 0 Å². The molecule has 0 radical (unpaired) electrons. The summed E-state index contributed by atoms with van der Waals surface area (Å²) in [6, 6.07) is 9.47. The molecule has 0 bridgehead atoms. The first-order valence-corrected chi connectivity index (χ1v) is 4.80. The molecule has 0 amide bonds. The van der Waals surface area contributed by atoms with Crippen LogP contribution in [0.4, 0.5) is 0 Å². The van der Waals surface area contributed by atoms with Gasteiger partial charge in [0.2, 0.25) is 0 Å². The summed E-state index contributed by atoms with van der Waals surface area (Å²) in [6.07, 6.45) is 1.67. The van der Waals surface area contributed by atoms with Crippen molar-refractivity contribution in [3.63, 3.8) is 0 Å². The molecule has 0 saturated heterocycles. The van der Waals surface area contributed by atoms with Gasteiger partial charge in [0, 0.05) is 5.56 Å². The molecular weight excluding hydrogens is 212 g/mol. The van der Waals surface area contributed by atoms with E-state index in [0.717, 1.165) is 16.9 Å². The number of benzene rings is 1. The Morgan fingerprint density at radius 2 is 2.07 bits per heavy atom. The molecule has 0 aliphatic rings. The summed E-state index contributed by atoms with van der Waals surface area (Å²) in [4.78, 5) is 0. The van der Waals surface area contributed by atoms with Crippen LogP contribution in [0.5, 0.6) is 5.75 Å². The first-order chi connectivity index (χ1) is 7.29. The number of ether oxygens (including phenoxy) is 1. The zero-order valence-corrected chi connectivity index (χ0v) is 8.90. The van der Waals surface area contributed by atoms with E-state index in [9.17, 15) is 0 Å². The van der Waals surface area contributed by atoms with Crippen molar-refractivity contribution in [2.75, 3.05) is 7.11 Å². The van der Waals surface area contributed by atoms with Gasteiger partial charge in [-0.05, 0) is 23.8 Å². The summed E-state index contributed by atoms with van der Waals surface area (Å²) in [5, 5.41) is 7.87. The fourth-order valence-electron chi connectivity index (χ4n) is 1.30. The van der Waals surface area contributed by atoms with Gasteiger partial charge in [0.15, 0.2) is 5.15 Å². The summed E-state index contributed by atoms with van der Waals surface area (Å²) >= 11 is 5.76. The lowest BCUT2D eigenvalue weighted by Gasteiger charge is -2.03. The van der Waals surface area contributed by atoms with E-state index in [0.29, 0.717) is 5.15 Å². The number of aromatic nitrogens is 2. The summed E-state index contributed by atoms with van der Waals surface area (Å²) in [6.45, 7) is 0. The van der Waals surface area contributed by atoms with Crippen LogP contribution in [0.2, 0.25) is 5.15 Å². The van der Waals surface area contributed by atoms with E-state index in [1.54, 1.807) is 19.4 Å². The van der Waals surface area contributed by atoms with Gasteiger partial charge in [-0.3, -0.25) is 0 Å². The van der Waals surface area contributed by atoms with Crippen LogP contribution in [-0.4, -0.2) is 17.3 Å². The molecule has 0 fully saturated rings. The molecule has 4 heteroatoms. The Balaban J connectivity index is 2.44. The molecule has 2 aromatic rings. The maximum atomic E-state index is 5.76. The third-order valence-corrected chi connectivity index (χ3v) is 2.21. The molecule has 0 atom stereocenters. The van der Waals surface area contributed by atoms with Crippen molar-refractivity contribution >= 4 is 11.6 Å². The van der Waals surface area contributed by atoms with Gasteiger partial charge in [-0.15, -0.1) is 5.10 Å². The molecule has 1 heterocycles. The zero-order valence-electron chi connectivity index (χ0n) is 8.14. The average Bonchev–Trinajstić information content (AvgIpc) is 2.29. The molecule has 3 nitrogen and oxygen atoms in total. The Bertz CT molecular complexity index is 474. The zero-order chi connectivity index (χ0) is 10.7. The van der Waals surface area contributed by atoms with E-state index >= 15 is 0 Å². The van der Waals surface area contributed by atoms with Crippen molar-refractivity contribution in [2.24, 2.45) is 0 Å². The van der Waals surface area contributed by atoms with Crippen LogP contribution in [0, 0.1) is 0 Å². The molecule has 0 aliphatic heterocycles. The van der Waals surface area contributed by atoms with Crippen molar-refractivity contribution < 1.29 is 4.74 Å². The van der Waals surface area contributed by atoms with Crippen LogP contribution in [0.25, 0.3) is 11.1 Å². The monoisotopic (exact) mass is 220 g/mol. The Hall–Kier alpha value is -1.61. The van der Waals surface area contributed by atoms with Crippen LogP contribution < -0.4 is 4.74 Å². The van der Waals surface area contributed by atoms with Crippen LogP contribution in [-0.2, 0) is 0 Å². The molecule has 0 saturated carbocycles. The van der Waals surface area contributed by atoms with Gasteiger partial charge in [0.25, 0.3) is 0 Å². The number of hydrogen-bond donors (Lipinski definition) is 0. The maximum Gasteiger partial charge on any atom is 0.152 e. The summed E-state index contributed by atoms with van der Waals surface area (Å²) in [5.74, 6) is 0.806. The Kier molecular flexibility index (Phi) is 2.83. The first-order valence-electron chi connectivity index (χ1n) is 4.42. The highest BCUT2D eigenvalue weighted by Crippen LogP contribution is 2.23. The third kappa shape index (κ3) is 2.25. The highest BCUT2D eigenvalue weighted by molar-refractivity contribution is 6.29. The predicted molar refractivity (Wildman–Crippen MR) is 59.0 cm³/mol. The van der Waals surface area contributed by atoms with Gasteiger partial charge in [0.05, 0.1) is 13.3 Å². The van der Waals surface area contributed by atoms with E-state index in [4.69, 9.17) is 16.3 Å². The van der Waals surface area contributed by atoms with Crippen molar-refractivity contribution in [1.29, 1.82) is 0 Å². The third-order valence-electron chi connectivity index (χ3n) is 2.03. The molecule has 1 aromatic carbocycles. The SMILES string of the molecule is COc1cccc(-c2cnnc(Cl)c2)c1. The van der Waals surface area contributed by atoms with Crippen molar-refractivity contribution in [3.8, 4) is 16.9 Å². The van der Waals surface area contributed by atoms with Gasteiger partial charge >= 0.3 is 0 Å². The lowest BCUT2D eigenvalue weighted by molar-refractivity contribution is 0.415. The summed E-state index contributed by atoms with van der Waals surface area (Å²) in [5.41, 5.74) is 1.93. The van der Waals surface area contributed by atoms with Gasteiger partial charge < -0.3 is 4.74 Å². The van der Waals surface area contributed by atoms with Crippen molar-refractivity contribution in [1.82, 2.24) is 10.2 Å². The first kappa shape index (κ1) is 9.93. The van der Waals surface area contributed by atoms with E-state index in [2.05, 4.69) is 10.2 Å². The number of methoxy groups -OCH3 is 1. The fourth-order valence-corrected chi connectivity index (χ4v) is 1.46. The predicted octanol–water partition coefficient (Wildman–Crippen LogP) is 2.81. The standard InChI is InChI=1S/C11H9ClN2O/c1-15-10-4-2-3-8(5-10)9-6-11(12)14-13-7-9/h2-7H,1H3. The quantitative estimate of drug-likeness (QED) is 0.781. The number of hydrogen-bond acceptors (Lipinski definition) is 3. The normalized spacial score (nSPS) is 10.0. The number of halogens is 1. The Labute approximate surface area is 92.7 Å². The lowest BCUT2D eigenvalue weighted by Crippen LogP contribution is -1.86. The maximum absolute atomic E-state index is 5.76. The molecular formula is C11H9ClN2O. The molecule has 2 rings (SSSR count). The lowest BCUT2D eigenvalue weighted by atomic mass is 10.1. The van der Waals surface area contributed by atoms with Crippen molar-refractivity contribution in [2.45, 2.75) is 0 Å². The second-order valence-electron chi connectivity index (χ2n) is 3.00. The largest absolute Gasteiger partial charge is 0.497 e. The smallest absolute Gasteiger partial charge is 0.152 e. The molecule has 0 spiro atoms. The van der Waals surface area contributed by atoms with Crippen LogP contribution in [0.1, 0.15) is 0 Å². The van der Waals surface area contributed by atoms with Gasteiger partial charge in [-0.2, -0.15) is 5.10 Å². The minimum atomic E-state index is 0.385. The van der Waals surface area contributed by atoms with E-state index < -0.39 is 0 Å². The number of rotatable bonds is 2. The van der Waals surface area contributed by atoms with Crippen LogP contribution in [0.3, 0.4) is 0 Å². The minimum Gasteiger partial charge on any atom is -0.497 e. The molecule has 0 aliphatic carbocycles. The van der Waals surface area contributed by atoms with Crippen LogP contribution in [0.15, 0.2) is 36.5 Å². The highest BCUT2D eigenvalue weighted by atomic mass is 35.5. The summed E-state index contributed by atoms with van der Waals surface area (Å²) < 4.78 is 5.14. The minimum absolute atomic E-state index is 0.385. The molecule has 0 unspecified atom stereocenters. The fraction of sp³-hybridized carbons (Fsp3) is 0.0909. The second-order valence-corrected chi connectivity index (χ2v) is 3.39. The van der Waals surface area contributed by atoms with Gasteiger partial charge in [0.1, 0.15) is 5.75 Å². The topological polar surface area (TPSA) is 35.0 Å². The Morgan fingerprint density at radius 3 is 2.80 bits per heavy atom. The van der Waals surface area contributed by atoms with Gasteiger partial charge in [-0.1, -0.05) is 23.7 Å². The molecule has 15 heavy (non-hydrogen) atoms. The Morgan fingerprint density at radius 1 is 1.20 bits per heavy atom. The van der Waals surface area contributed by atoms with E-state index in [1.165, 1.54) is 0 Å². The molecule has 76 valence electrons. The van der Waals surface area contributed by atoms with Gasteiger partial charge in [-0.25, -0.2) is 0 Å². The molecule has 0 N–H and O–H groups in total. The van der Waals surface area contributed by atoms with Crippen LogP contribution >= 0.6 is 11.6 Å². The molecule has 1 aromatic heterocycles. The average molecular weight is 221 g/mol. The summed E-state index contributed by atoms with van der Waals surface area (Å²) in [7, 11) is 1.64. The highest BCUT2D eigenvalue weighted by Gasteiger charge is 2.01. The number of nitrogens with zero attached hydrogens (tertiary/aromatic N) is 2. The van der Waals surface area contributed by atoms with Crippen molar-refractivity contribution in [3.05, 3.63) is 41.7 Å².